The van der Waals surface area contributed by atoms with Gasteiger partial charge >= 0.3 is 0 Å². The maximum atomic E-state index is 6.33. The van der Waals surface area contributed by atoms with E-state index in [0.717, 1.165) is 23.0 Å². The number of ether oxygens (including phenoxy) is 2. The Morgan fingerprint density at radius 1 is 0.457 bits per heavy atom. The standard InChI is InChI=1S/C30H19I2O2S/c31-20-9-13-22(14-10-20)33-24-17-25(34-23-15-11-21(32)12-16-23)19-26(18-24)35-29-7-3-1-5-27(29)28-6-2-4-8-30(28)35/h1-19H/q+1. The Hall–Kier alpha value is -2.62. The van der Waals surface area contributed by atoms with Gasteiger partial charge in [-0.2, -0.15) is 0 Å². The van der Waals surface area contributed by atoms with Gasteiger partial charge in [0.15, 0.2) is 14.3 Å². The van der Waals surface area contributed by atoms with Gasteiger partial charge in [-0.25, -0.2) is 0 Å². The number of hydrogen-bond donors (Lipinski definition) is 0. The van der Waals surface area contributed by atoms with Crippen molar-refractivity contribution in [3.05, 3.63) is 122 Å². The maximum absolute atomic E-state index is 6.33. The van der Waals surface area contributed by atoms with Crippen LogP contribution >= 0.6 is 55.7 Å². The molecule has 5 aromatic carbocycles. The highest BCUT2D eigenvalue weighted by Crippen LogP contribution is 2.50. The van der Waals surface area contributed by atoms with E-state index >= 15 is 0 Å². The third-order valence-corrected chi connectivity index (χ3v) is 9.43. The molecule has 170 valence electrons. The fourth-order valence-corrected chi connectivity index (χ4v) is 7.32. The first kappa shape index (κ1) is 22.8. The van der Waals surface area contributed by atoms with Crippen molar-refractivity contribution < 1.29 is 9.47 Å². The third-order valence-electron chi connectivity index (χ3n) is 5.69. The summed E-state index contributed by atoms with van der Waals surface area (Å²) in [5.74, 6) is 3.13. The molecular weight excluding hydrogens is 678 g/mol. The Bertz CT molecular complexity index is 1540. The van der Waals surface area contributed by atoms with Crippen molar-refractivity contribution in [2.75, 3.05) is 0 Å². The first-order valence-electron chi connectivity index (χ1n) is 11.1. The lowest BCUT2D eigenvalue weighted by Gasteiger charge is -2.10. The highest BCUT2D eigenvalue weighted by molar-refractivity contribution is 14.1. The van der Waals surface area contributed by atoms with Crippen molar-refractivity contribution in [1.29, 1.82) is 0 Å². The molecule has 35 heavy (non-hydrogen) atoms. The molecule has 0 saturated heterocycles. The normalized spacial score (nSPS) is 11.1. The van der Waals surface area contributed by atoms with Crippen LogP contribution in [0.1, 0.15) is 0 Å². The van der Waals surface area contributed by atoms with Crippen molar-refractivity contribution in [1.82, 2.24) is 0 Å². The van der Waals surface area contributed by atoms with Gasteiger partial charge in [0.2, 0.25) is 0 Å². The number of halogens is 2. The first-order valence-corrected chi connectivity index (χ1v) is 14.5. The van der Waals surface area contributed by atoms with E-state index in [1.54, 1.807) is 0 Å². The number of benzene rings is 5. The highest BCUT2D eigenvalue weighted by Gasteiger charge is 2.24. The maximum Gasteiger partial charge on any atom is 0.187 e. The molecule has 1 aromatic heterocycles. The van der Waals surface area contributed by atoms with E-state index in [4.69, 9.17) is 9.47 Å². The summed E-state index contributed by atoms with van der Waals surface area (Å²) in [6.07, 6.45) is 0. The lowest BCUT2D eigenvalue weighted by Crippen LogP contribution is -1.89. The van der Waals surface area contributed by atoms with Crippen LogP contribution in [0.15, 0.2) is 115 Å². The van der Waals surface area contributed by atoms with Crippen LogP contribution in [0.2, 0.25) is 0 Å². The van der Waals surface area contributed by atoms with Gasteiger partial charge in [0.05, 0.1) is 0 Å². The molecule has 1 heterocycles. The van der Waals surface area contributed by atoms with Crippen molar-refractivity contribution in [3.63, 3.8) is 0 Å². The highest BCUT2D eigenvalue weighted by atomic mass is 127. The molecule has 5 heteroatoms. The van der Waals surface area contributed by atoms with Gasteiger partial charge < -0.3 is 9.47 Å². The molecule has 0 aliphatic heterocycles. The Kier molecular flexibility index (Phi) is 6.39. The molecule has 6 rings (SSSR count). The first-order chi connectivity index (χ1) is 17.1. The Labute approximate surface area is 233 Å². The predicted octanol–water partition coefficient (Wildman–Crippen LogP) is 10.5. The summed E-state index contributed by atoms with van der Waals surface area (Å²) in [6.45, 7) is 0. The van der Waals surface area contributed by atoms with Gasteiger partial charge in [0.1, 0.15) is 23.0 Å². The Morgan fingerprint density at radius 2 is 0.886 bits per heavy atom. The van der Waals surface area contributed by atoms with Gasteiger partial charge in [-0.1, -0.05) is 24.3 Å². The molecule has 0 aliphatic rings. The smallest absolute Gasteiger partial charge is 0.187 e. The van der Waals surface area contributed by atoms with E-state index < -0.39 is 0 Å². The van der Waals surface area contributed by atoms with Crippen LogP contribution in [-0.2, 0) is 0 Å². The molecule has 0 radical (unpaired) electrons. The fourth-order valence-electron chi connectivity index (χ4n) is 4.17. The van der Waals surface area contributed by atoms with Crippen molar-refractivity contribution in [3.8, 4) is 27.9 Å². The number of thiophene rings is 1. The van der Waals surface area contributed by atoms with Crippen molar-refractivity contribution >= 4 is 75.8 Å². The molecule has 0 bridgehead atoms. The molecule has 0 fully saturated rings. The minimum absolute atomic E-state index is 0.247. The van der Waals surface area contributed by atoms with Crippen molar-refractivity contribution in [2.45, 2.75) is 0 Å². The van der Waals surface area contributed by atoms with Gasteiger partial charge in [-0.05, 0) is 118 Å². The number of hydrogen-bond acceptors (Lipinski definition) is 2. The Balaban J connectivity index is 1.52. The Morgan fingerprint density at radius 3 is 1.34 bits per heavy atom. The zero-order valence-corrected chi connectivity index (χ0v) is 23.6. The molecule has 0 spiro atoms. The van der Waals surface area contributed by atoms with Crippen LogP contribution in [0, 0.1) is 7.14 Å². The van der Waals surface area contributed by atoms with E-state index in [2.05, 4.69) is 106 Å². The van der Waals surface area contributed by atoms with E-state index in [0.29, 0.717) is 0 Å². The van der Waals surface area contributed by atoms with Crippen LogP contribution in [-0.4, -0.2) is 0 Å². The van der Waals surface area contributed by atoms with Gasteiger partial charge in [0.25, 0.3) is 0 Å². The number of fused-ring (bicyclic) bond motifs is 3. The largest absolute Gasteiger partial charge is 0.457 e. The molecule has 2 nitrogen and oxygen atoms in total. The molecule has 0 amide bonds. The quantitative estimate of drug-likeness (QED) is 0.132. The van der Waals surface area contributed by atoms with E-state index in [9.17, 15) is 0 Å². The van der Waals surface area contributed by atoms with Gasteiger partial charge in [-0.15, -0.1) is 0 Å². The average Bonchev–Trinajstić information content (AvgIpc) is 3.21. The van der Waals surface area contributed by atoms with Crippen LogP contribution in [0.3, 0.4) is 0 Å². The van der Waals surface area contributed by atoms with Crippen LogP contribution < -0.4 is 9.47 Å². The molecular formula is C30H19I2O2S+. The average molecular weight is 697 g/mol. The second-order valence-corrected chi connectivity index (χ2v) is 12.5. The van der Waals surface area contributed by atoms with E-state index in [1.807, 2.05) is 54.6 Å². The summed E-state index contributed by atoms with van der Waals surface area (Å²) in [5, 5.41) is 2.60. The van der Waals surface area contributed by atoms with E-state index in [-0.39, 0.29) is 10.5 Å². The monoisotopic (exact) mass is 697 g/mol. The fraction of sp³-hybridized carbons (Fsp3) is 0. The second kappa shape index (κ2) is 9.79. The summed E-state index contributed by atoms with van der Waals surface area (Å²) in [5.41, 5.74) is 0. The minimum Gasteiger partial charge on any atom is -0.457 e. The zero-order chi connectivity index (χ0) is 23.8. The zero-order valence-electron chi connectivity index (χ0n) is 18.5. The molecule has 0 unspecified atom stereocenters. The van der Waals surface area contributed by atoms with Gasteiger partial charge in [-0.3, -0.25) is 0 Å². The topological polar surface area (TPSA) is 18.5 Å². The summed E-state index contributed by atoms with van der Waals surface area (Å²) >= 11 is 4.61. The van der Waals surface area contributed by atoms with Gasteiger partial charge in [0, 0.05) is 46.6 Å². The molecule has 0 aliphatic carbocycles. The summed E-state index contributed by atoms with van der Waals surface area (Å²) in [4.78, 5) is 1.17. The van der Waals surface area contributed by atoms with E-state index in [1.165, 1.54) is 32.2 Å². The molecule has 0 atom stereocenters. The molecule has 6 aromatic rings. The summed E-state index contributed by atoms with van der Waals surface area (Å²) < 4.78 is 17.7. The summed E-state index contributed by atoms with van der Waals surface area (Å²) in [7, 11) is -0.247. The SMILES string of the molecule is Ic1ccc(Oc2cc(Oc3ccc(I)cc3)cc(-[s+]3c4ccccc4c4ccccc43)c2)cc1. The minimum atomic E-state index is -0.247. The second-order valence-electron chi connectivity index (χ2n) is 8.05. The van der Waals surface area contributed by atoms with Crippen LogP contribution in [0.5, 0.6) is 23.0 Å². The van der Waals surface area contributed by atoms with Crippen molar-refractivity contribution in [2.24, 2.45) is 0 Å². The summed E-state index contributed by atoms with van der Waals surface area (Å²) in [6, 6.07) is 39.9. The molecule has 0 saturated carbocycles. The predicted molar refractivity (Wildman–Crippen MR) is 164 cm³/mol. The molecule has 0 N–H and O–H groups in total. The van der Waals surface area contributed by atoms with Crippen LogP contribution in [0.25, 0.3) is 25.1 Å². The lowest BCUT2D eigenvalue weighted by molar-refractivity contribution is 0.461. The number of rotatable bonds is 5. The third kappa shape index (κ3) is 4.77. The lowest BCUT2D eigenvalue weighted by atomic mass is 10.2. The van der Waals surface area contributed by atoms with Crippen LogP contribution in [0.4, 0.5) is 0 Å².